The van der Waals surface area contributed by atoms with Gasteiger partial charge in [0.25, 0.3) is 5.91 Å². The van der Waals surface area contributed by atoms with E-state index in [2.05, 4.69) is 5.32 Å². The Morgan fingerprint density at radius 3 is 2.47 bits per heavy atom. The van der Waals surface area contributed by atoms with Crippen LogP contribution in [0.4, 0.5) is 0 Å². The maximum Gasteiger partial charge on any atom is 0.254 e. The number of aliphatic hydroxyl groups excluding tert-OH is 1. The molecule has 2 aromatic rings. The summed E-state index contributed by atoms with van der Waals surface area (Å²) in [5.41, 5.74) is 0.177. The third-order valence-electron chi connectivity index (χ3n) is 2.56. The Morgan fingerprint density at radius 2 is 1.95 bits per heavy atom. The van der Waals surface area contributed by atoms with Gasteiger partial charge in [-0.1, -0.05) is 29.3 Å². The minimum atomic E-state index is -0.644. The summed E-state index contributed by atoms with van der Waals surface area (Å²) < 4.78 is 5.14. The number of halogens is 2. The van der Waals surface area contributed by atoms with E-state index >= 15 is 0 Å². The zero-order chi connectivity index (χ0) is 13.8. The van der Waals surface area contributed by atoms with Crippen molar-refractivity contribution >= 4 is 29.1 Å². The molecule has 1 heterocycles. The van der Waals surface area contributed by atoms with Crippen LogP contribution in [0.1, 0.15) is 22.2 Å². The first-order valence-electron chi connectivity index (χ1n) is 5.52. The Kier molecular flexibility index (Phi) is 4.47. The molecule has 2 rings (SSSR count). The number of nitrogens with one attached hydrogen (secondary N) is 1. The second-order valence-corrected chi connectivity index (χ2v) is 4.64. The highest BCUT2D eigenvalue weighted by Crippen LogP contribution is 2.25. The Balaban J connectivity index is 2.21. The van der Waals surface area contributed by atoms with Crippen molar-refractivity contribution in [3.63, 3.8) is 0 Å². The van der Waals surface area contributed by atoms with Crippen LogP contribution in [0.2, 0.25) is 10.0 Å². The first kappa shape index (κ1) is 13.9. The van der Waals surface area contributed by atoms with Gasteiger partial charge < -0.3 is 14.8 Å². The normalized spacial score (nSPS) is 12.2. The SMILES string of the molecule is O=C(NC(CO)c1ccco1)c1c(Cl)cccc1Cl. The number of aliphatic hydroxyl groups is 1. The second-order valence-electron chi connectivity index (χ2n) is 3.82. The topological polar surface area (TPSA) is 62.5 Å². The van der Waals surface area contributed by atoms with Crippen LogP contribution in [-0.2, 0) is 0 Å². The quantitative estimate of drug-likeness (QED) is 0.912. The van der Waals surface area contributed by atoms with Crippen LogP contribution in [0, 0.1) is 0 Å². The molecule has 0 radical (unpaired) electrons. The van der Waals surface area contributed by atoms with Crippen LogP contribution in [-0.4, -0.2) is 17.6 Å². The summed E-state index contributed by atoms with van der Waals surface area (Å²) in [6, 6.07) is 7.49. The molecular formula is C13H11Cl2NO3. The van der Waals surface area contributed by atoms with Crippen LogP contribution >= 0.6 is 23.2 Å². The zero-order valence-electron chi connectivity index (χ0n) is 9.77. The average Bonchev–Trinajstić information content (AvgIpc) is 2.89. The Labute approximate surface area is 119 Å². The third kappa shape index (κ3) is 3.10. The first-order valence-corrected chi connectivity index (χ1v) is 6.28. The van der Waals surface area contributed by atoms with Gasteiger partial charge >= 0.3 is 0 Å². The molecule has 19 heavy (non-hydrogen) atoms. The summed E-state index contributed by atoms with van der Waals surface area (Å²) >= 11 is 11.9. The summed E-state index contributed by atoms with van der Waals surface area (Å²) in [5, 5.41) is 12.4. The third-order valence-corrected chi connectivity index (χ3v) is 3.19. The van der Waals surface area contributed by atoms with Gasteiger partial charge in [0.2, 0.25) is 0 Å². The fourth-order valence-electron chi connectivity index (χ4n) is 1.64. The molecule has 0 saturated heterocycles. The van der Waals surface area contributed by atoms with Crippen molar-refractivity contribution < 1.29 is 14.3 Å². The van der Waals surface area contributed by atoms with Gasteiger partial charge in [0.05, 0.1) is 28.5 Å². The van der Waals surface area contributed by atoms with E-state index in [1.54, 1.807) is 30.3 Å². The van der Waals surface area contributed by atoms with E-state index in [0.717, 1.165) is 0 Å². The molecule has 1 atom stereocenters. The van der Waals surface area contributed by atoms with Crippen molar-refractivity contribution in [3.8, 4) is 0 Å². The number of hydrogen-bond donors (Lipinski definition) is 2. The standard InChI is InChI=1S/C13H11Cl2NO3/c14-8-3-1-4-9(15)12(8)13(18)16-10(7-17)11-5-2-6-19-11/h1-6,10,17H,7H2,(H,16,18). The molecule has 0 bridgehead atoms. The second kappa shape index (κ2) is 6.10. The number of rotatable bonds is 4. The van der Waals surface area contributed by atoms with Gasteiger partial charge in [-0.2, -0.15) is 0 Å². The molecule has 1 amide bonds. The van der Waals surface area contributed by atoms with Crippen molar-refractivity contribution in [2.45, 2.75) is 6.04 Å². The lowest BCUT2D eigenvalue weighted by molar-refractivity contribution is 0.0907. The van der Waals surface area contributed by atoms with E-state index in [0.29, 0.717) is 5.76 Å². The van der Waals surface area contributed by atoms with Gasteiger partial charge in [0.1, 0.15) is 11.8 Å². The molecule has 1 unspecified atom stereocenters. The van der Waals surface area contributed by atoms with E-state index in [-0.39, 0.29) is 22.2 Å². The fraction of sp³-hybridized carbons (Fsp3) is 0.154. The van der Waals surface area contributed by atoms with Crippen molar-refractivity contribution in [2.24, 2.45) is 0 Å². The van der Waals surface area contributed by atoms with Crippen LogP contribution in [0.3, 0.4) is 0 Å². The predicted molar refractivity (Wildman–Crippen MR) is 72.5 cm³/mol. The molecule has 0 aliphatic heterocycles. The van der Waals surface area contributed by atoms with Gasteiger partial charge in [0.15, 0.2) is 0 Å². The Bertz CT molecular complexity index is 549. The summed E-state index contributed by atoms with van der Waals surface area (Å²) in [4.78, 5) is 12.1. The van der Waals surface area contributed by atoms with Crippen molar-refractivity contribution in [1.29, 1.82) is 0 Å². The van der Waals surface area contributed by atoms with E-state index in [1.807, 2.05) is 0 Å². The van der Waals surface area contributed by atoms with Gasteiger partial charge in [0, 0.05) is 0 Å². The van der Waals surface area contributed by atoms with Gasteiger partial charge in [-0.25, -0.2) is 0 Å². The van der Waals surface area contributed by atoms with Crippen molar-refractivity contribution in [2.75, 3.05) is 6.61 Å². The van der Waals surface area contributed by atoms with Gasteiger partial charge in [-0.3, -0.25) is 4.79 Å². The number of benzene rings is 1. The highest BCUT2D eigenvalue weighted by molar-refractivity contribution is 6.39. The monoisotopic (exact) mass is 299 g/mol. The highest BCUT2D eigenvalue weighted by atomic mass is 35.5. The zero-order valence-corrected chi connectivity index (χ0v) is 11.3. The molecular weight excluding hydrogens is 289 g/mol. The minimum Gasteiger partial charge on any atom is -0.467 e. The summed E-state index contributed by atoms with van der Waals surface area (Å²) in [7, 11) is 0. The largest absolute Gasteiger partial charge is 0.467 e. The van der Waals surface area contributed by atoms with Gasteiger partial charge in [-0.15, -0.1) is 0 Å². The van der Waals surface area contributed by atoms with Gasteiger partial charge in [-0.05, 0) is 24.3 Å². The maximum atomic E-state index is 12.1. The molecule has 0 fully saturated rings. The summed E-state index contributed by atoms with van der Waals surface area (Å²) in [6.45, 7) is -0.290. The molecule has 6 heteroatoms. The maximum absolute atomic E-state index is 12.1. The van der Waals surface area contributed by atoms with E-state index < -0.39 is 11.9 Å². The molecule has 1 aromatic heterocycles. The number of furan rings is 1. The molecule has 0 spiro atoms. The molecule has 4 nitrogen and oxygen atoms in total. The lowest BCUT2D eigenvalue weighted by atomic mass is 10.1. The highest BCUT2D eigenvalue weighted by Gasteiger charge is 2.20. The number of carbonyl (C=O) groups excluding carboxylic acids is 1. The van der Waals surface area contributed by atoms with Crippen molar-refractivity contribution in [3.05, 3.63) is 58.0 Å². The lowest BCUT2D eigenvalue weighted by Gasteiger charge is -2.15. The Morgan fingerprint density at radius 1 is 1.26 bits per heavy atom. The lowest BCUT2D eigenvalue weighted by Crippen LogP contribution is -2.30. The summed E-state index contributed by atoms with van der Waals surface area (Å²) in [6.07, 6.45) is 1.46. The van der Waals surface area contributed by atoms with Crippen molar-refractivity contribution in [1.82, 2.24) is 5.32 Å². The molecule has 1 aromatic carbocycles. The van der Waals surface area contributed by atoms with E-state index in [9.17, 15) is 9.90 Å². The van der Waals surface area contributed by atoms with Crippen LogP contribution in [0.5, 0.6) is 0 Å². The Hall–Kier alpha value is -1.49. The number of amides is 1. The predicted octanol–water partition coefficient (Wildman–Crippen LogP) is 3.05. The average molecular weight is 300 g/mol. The van der Waals surface area contributed by atoms with Crippen LogP contribution in [0.15, 0.2) is 41.0 Å². The van der Waals surface area contributed by atoms with Crippen LogP contribution < -0.4 is 5.32 Å². The molecule has 100 valence electrons. The smallest absolute Gasteiger partial charge is 0.254 e. The molecule has 0 aliphatic rings. The van der Waals surface area contributed by atoms with Crippen LogP contribution in [0.25, 0.3) is 0 Å². The first-order chi connectivity index (χ1) is 9.13. The number of hydrogen-bond acceptors (Lipinski definition) is 3. The molecule has 0 saturated carbocycles. The van der Waals surface area contributed by atoms with E-state index in [4.69, 9.17) is 27.6 Å². The minimum absolute atomic E-state index is 0.177. The fourth-order valence-corrected chi connectivity index (χ4v) is 2.21. The summed E-state index contributed by atoms with van der Waals surface area (Å²) in [5.74, 6) is -0.00919. The molecule has 2 N–H and O–H groups in total. The molecule has 0 aliphatic carbocycles. The van der Waals surface area contributed by atoms with E-state index in [1.165, 1.54) is 6.26 Å². The number of carbonyl (C=O) groups is 1.